The Hall–Kier alpha value is 0.177. The predicted molar refractivity (Wildman–Crippen MR) is 58.1 cm³/mol. The van der Waals surface area contributed by atoms with E-state index in [9.17, 15) is 0 Å². The number of hydrogen-bond acceptors (Lipinski definition) is 1. The van der Waals surface area contributed by atoms with Crippen LogP contribution in [0, 0.1) is 0 Å². The Morgan fingerprint density at radius 3 is 1.83 bits per heavy atom. The molecular formula is C10H24OSi. The fraction of sp³-hybridized carbons (Fsp3) is 1.00. The second-order valence-corrected chi connectivity index (χ2v) is 8.37. The zero-order valence-electron chi connectivity index (χ0n) is 9.15. The van der Waals surface area contributed by atoms with Crippen LogP contribution in [0.15, 0.2) is 0 Å². The molecule has 0 bridgehead atoms. The van der Waals surface area contributed by atoms with Gasteiger partial charge in [-0.05, 0) is 25.6 Å². The van der Waals surface area contributed by atoms with Gasteiger partial charge in [-0.1, -0.05) is 33.1 Å². The van der Waals surface area contributed by atoms with Crippen molar-refractivity contribution in [1.82, 2.24) is 0 Å². The standard InChI is InChI=1S/C6H14OSi.C4H10/c1-8(2)6-4-3-5-7-8;1-3-4-2/h3-6H2,1-2H3;3-4H2,1-2H3. The topological polar surface area (TPSA) is 9.23 Å². The van der Waals surface area contributed by atoms with Crippen molar-refractivity contribution in [3.05, 3.63) is 0 Å². The van der Waals surface area contributed by atoms with Crippen LogP contribution in [0.25, 0.3) is 0 Å². The SMILES string of the molecule is CCCC.C[Si]1(C)CCCCO1. The minimum absolute atomic E-state index is 1.03. The maximum absolute atomic E-state index is 5.60. The Kier molecular flexibility index (Phi) is 6.77. The third kappa shape index (κ3) is 6.86. The van der Waals surface area contributed by atoms with E-state index in [4.69, 9.17) is 4.43 Å². The van der Waals surface area contributed by atoms with Gasteiger partial charge in [0.05, 0.1) is 0 Å². The number of rotatable bonds is 1. The zero-order valence-corrected chi connectivity index (χ0v) is 10.2. The zero-order chi connectivity index (χ0) is 9.45. The molecule has 1 rings (SSSR count). The number of hydrogen-bond donors (Lipinski definition) is 0. The van der Waals surface area contributed by atoms with Gasteiger partial charge in [-0.15, -0.1) is 0 Å². The first-order valence-corrected chi connectivity index (χ1v) is 8.38. The fourth-order valence-corrected chi connectivity index (χ4v) is 3.02. The molecule has 0 radical (unpaired) electrons. The van der Waals surface area contributed by atoms with Gasteiger partial charge >= 0.3 is 0 Å². The van der Waals surface area contributed by atoms with E-state index in [0.717, 1.165) is 6.61 Å². The molecule has 0 unspecified atom stereocenters. The molecule has 0 amide bonds. The molecule has 12 heavy (non-hydrogen) atoms. The van der Waals surface area contributed by atoms with Crippen molar-refractivity contribution in [2.45, 2.75) is 58.7 Å². The molecule has 0 saturated carbocycles. The molecule has 1 aliphatic rings. The lowest BCUT2D eigenvalue weighted by Gasteiger charge is -2.27. The Balaban J connectivity index is 0.000000261. The first kappa shape index (κ1) is 12.2. The Labute approximate surface area is 78.6 Å². The second-order valence-electron chi connectivity index (χ2n) is 4.07. The molecule has 1 aliphatic heterocycles. The lowest BCUT2D eigenvalue weighted by molar-refractivity contribution is 0.275. The molecule has 1 heterocycles. The highest BCUT2D eigenvalue weighted by Gasteiger charge is 2.24. The van der Waals surface area contributed by atoms with E-state index < -0.39 is 8.32 Å². The van der Waals surface area contributed by atoms with Gasteiger partial charge in [-0.2, -0.15) is 0 Å². The van der Waals surface area contributed by atoms with Crippen LogP contribution < -0.4 is 0 Å². The maximum Gasteiger partial charge on any atom is 0.186 e. The summed E-state index contributed by atoms with van der Waals surface area (Å²) in [5.41, 5.74) is 0. The monoisotopic (exact) mass is 188 g/mol. The molecule has 0 N–H and O–H groups in total. The van der Waals surface area contributed by atoms with Gasteiger partial charge in [0.25, 0.3) is 0 Å². The van der Waals surface area contributed by atoms with E-state index in [-0.39, 0.29) is 0 Å². The van der Waals surface area contributed by atoms with Crippen molar-refractivity contribution in [3.63, 3.8) is 0 Å². The summed E-state index contributed by atoms with van der Waals surface area (Å²) in [6, 6.07) is 1.37. The van der Waals surface area contributed by atoms with E-state index in [1.807, 2.05) is 0 Å². The van der Waals surface area contributed by atoms with Crippen LogP contribution >= 0.6 is 0 Å². The van der Waals surface area contributed by atoms with Crippen LogP contribution in [0.5, 0.6) is 0 Å². The Bertz CT molecular complexity index is 92.0. The van der Waals surface area contributed by atoms with Gasteiger partial charge in [0.2, 0.25) is 0 Å². The molecule has 1 nitrogen and oxygen atoms in total. The molecular weight excluding hydrogens is 164 g/mol. The molecule has 1 fully saturated rings. The van der Waals surface area contributed by atoms with Gasteiger partial charge in [0.1, 0.15) is 0 Å². The largest absolute Gasteiger partial charge is 0.417 e. The summed E-state index contributed by atoms with van der Waals surface area (Å²) in [6.07, 6.45) is 5.33. The molecule has 0 atom stereocenters. The number of unbranched alkanes of at least 4 members (excludes halogenated alkanes) is 1. The minimum atomic E-state index is -1.09. The first-order chi connectivity index (χ1) is 5.62. The average Bonchev–Trinajstić information content (AvgIpc) is 2.05. The van der Waals surface area contributed by atoms with E-state index in [1.54, 1.807) is 0 Å². The van der Waals surface area contributed by atoms with Gasteiger partial charge in [-0.3, -0.25) is 0 Å². The average molecular weight is 188 g/mol. The quantitative estimate of drug-likeness (QED) is 0.569. The highest BCUT2D eigenvalue weighted by molar-refractivity contribution is 6.71. The van der Waals surface area contributed by atoms with Crippen molar-refractivity contribution < 1.29 is 4.43 Å². The lowest BCUT2D eigenvalue weighted by Crippen LogP contribution is -2.33. The Morgan fingerprint density at radius 2 is 1.67 bits per heavy atom. The fourth-order valence-electron chi connectivity index (χ4n) is 1.07. The van der Waals surface area contributed by atoms with E-state index in [1.165, 1.54) is 31.7 Å². The van der Waals surface area contributed by atoms with Gasteiger partial charge in [-0.25, -0.2) is 0 Å². The van der Waals surface area contributed by atoms with Gasteiger partial charge in [0, 0.05) is 6.61 Å². The lowest BCUT2D eigenvalue weighted by atomic mass is 10.4. The molecule has 2 heteroatoms. The van der Waals surface area contributed by atoms with E-state index in [0.29, 0.717) is 0 Å². The van der Waals surface area contributed by atoms with Crippen molar-refractivity contribution in [2.75, 3.05) is 6.61 Å². The maximum atomic E-state index is 5.60. The van der Waals surface area contributed by atoms with Crippen LogP contribution in [0.3, 0.4) is 0 Å². The van der Waals surface area contributed by atoms with Crippen molar-refractivity contribution in [1.29, 1.82) is 0 Å². The van der Waals surface area contributed by atoms with E-state index >= 15 is 0 Å². The summed E-state index contributed by atoms with van der Waals surface area (Å²) in [5, 5.41) is 0. The minimum Gasteiger partial charge on any atom is -0.417 e. The van der Waals surface area contributed by atoms with E-state index in [2.05, 4.69) is 26.9 Å². The normalized spacial score (nSPS) is 21.0. The molecule has 0 aromatic carbocycles. The predicted octanol–water partition coefficient (Wildman–Crippen LogP) is 3.81. The Morgan fingerprint density at radius 1 is 1.08 bits per heavy atom. The summed E-state index contributed by atoms with van der Waals surface area (Å²) in [6.45, 7) is 9.98. The van der Waals surface area contributed by atoms with Crippen molar-refractivity contribution >= 4 is 8.32 Å². The summed E-state index contributed by atoms with van der Waals surface area (Å²) < 4.78 is 5.60. The van der Waals surface area contributed by atoms with Crippen LogP contribution in [0.2, 0.25) is 19.1 Å². The van der Waals surface area contributed by atoms with Crippen LogP contribution in [-0.4, -0.2) is 14.9 Å². The molecule has 0 spiro atoms. The summed E-state index contributed by atoms with van der Waals surface area (Å²) >= 11 is 0. The van der Waals surface area contributed by atoms with Crippen molar-refractivity contribution in [2.24, 2.45) is 0 Å². The molecule has 0 aromatic rings. The van der Waals surface area contributed by atoms with Crippen LogP contribution in [0.1, 0.15) is 39.5 Å². The third-order valence-electron chi connectivity index (χ3n) is 2.17. The van der Waals surface area contributed by atoms with Gasteiger partial charge < -0.3 is 4.43 Å². The second kappa shape index (κ2) is 6.67. The molecule has 0 aromatic heterocycles. The smallest absolute Gasteiger partial charge is 0.186 e. The van der Waals surface area contributed by atoms with Crippen LogP contribution in [0.4, 0.5) is 0 Å². The van der Waals surface area contributed by atoms with Crippen LogP contribution in [-0.2, 0) is 4.43 Å². The van der Waals surface area contributed by atoms with Gasteiger partial charge in [0.15, 0.2) is 8.32 Å². The highest BCUT2D eigenvalue weighted by Crippen LogP contribution is 2.20. The van der Waals surface area contributed by atoms with Crippen molar-refractivity contribution in [3.8, 4) is 0 Å². The highest BCUT2D eigenvalue weighted by atomic mass is 28.4. The first-order valence-electron chi connectivity index (χ1n) is 5.26. The summed E-state index contributed by atoms with van der Waals surface area (Å²) in [4.78, 5) is 0. The summed E-state index contributed by atoms with van der Waals surface area (Å²) in [7, 11) is -1.09. The molecule has 1 saturated heterocycles. The molecule has 74 valence electrons. The molecule has 0 aliphatic carbocycles. The summed E-state index contributed by atoms with van der Waals surface area (Å²) in [5.74, 6) is 0. The third-order valence-corrected chi connectivity index (χ3v) is 4.71.